The van der Waals surface area contributed by atoms with Gasteiger partial charge < -0.3 is 9.05 Å². The summed E-state index contributed by atoms with van der Waals surface area (Å²) in [5.74, 6) is 0. The number of benzene rings is 1. The van der Waals surface area contributed by atoms with Crippen LogP contribution in [0, 0.1) is 6.92 Å². The highest BCUT2D eigenvalue weighted by atomic mass is 31.2. The van der Waals surface area contributed by atoms with Gasteiger partial charge in [-0.05, 0) is 32.4 Å². The molecule has 0 bridgehead atoms. The molecule has 0 N–H and O–H groups in total. The molecule has 0 aliphatic heterocycles. The molecule has 0 aliphatic rings. The van der Waals surface area contributed by atoms with Gasteiger partial charge in [-0.1, -0.05) is 30.4 Å². The predicted molar refractivity (Wildman–Crippen MR) is 70.2 cm³/mol. The van der Waals surface area contributed by atoms with E-state index >= 15 is 0 Å². The fourth-order valence-electron chi connectivity index (χ4n) is 1.29. The molecule has 0 aromatic heterocycles. The summed E-state index contributed by atoms with van der Waals surface area (Å²) < 4.78 is 23.1. The number of allylic oxidation sites excluding steroid dienone is 2. The zero-order valence-corrected chi connectivity index (χ0v) is 11.2. The molecule has 3 nitrogen and oxygen atoms in total. The van der Waals surface area contributed by atoms with Gasteiger partial charge in [0.2, 0.25) is 0 Å². The van der Waals surface area contributed by atoms with Gasteiger partial charge in [-0.25, -0.2) is 4.57 Å². The Morgan fingerprint density at radius 3 is 2.06 bits per heavy atom. The molecule has 0 radical (unpaired) electrons. The van der Waals surface area contributed by atoms with Gasteiger partial charge >= 0.3 is 7.60 Å². The fourth-order valence-corrected chi connectivity index (χ4v) is 2.91. The van der Waals surface area contributed by atoms with Crippen LogP contribution in [0.25, 0.3) is 0 Å². The van der Waals surface area contributed by atoms with Gasteiger partial charge in [0.05, 0.1) is 17.8 Å². The molecule has 4 heteroatoms. The first-order chi connectivity index (χ1) is 8.14. The summed E-state index contributed by atoms with van der Waals surface area (Å²) in [5, 5.41) is 0.580. The van der Waals surface area contributed by atoms with E-state index in [1.165, 1.54) is 12.5 Å². The van der Waals surface area contributed by atoms with Crippen LogP contribution in [0.5, 0.6) is 0 Å². The number of aryl methyl sites for hydroxylation is 1. The third kappa shape index (κ3) is 3.50. The summed E-state index contributed by atoms with van der Waals surface area (Å²) in [6, 6.07) is 7.32. The van der Waals surface area contributed by atoms with Crippen LogP contribution in [0.3, 0.4) is 0 Å². The molecule has 0 atom stereocenters. The van der Waals surface area contributed by atoms with Crippen molar-refractivity contribution < 1.29 is 13.6 Å². The smallest absolute Gasteiger partial charge is 0.421 e. The monoisotopic (exact) mass is 252 g/mol. The Bertz CT molecular complexity index is 445. The van der Waals surface area contributed by atoms with Crippen LogP contribution >= 0.6 is 7.60 Å². The van der Waals surface area contributed by atoms with E-state index < -0.39 is 7.60 Å². The first-order valence-corrected chi connectivity index (χ1v) is 6.93. The molecule has 1 aromatic carbocycles. The average molecular weight is 252 g/mol. The quantitative estimate of drug-likeness (QED) is 0.588. The van der Waals surface area contributed by atoms with E-state index in [0.29, 0.717) is 5.30 Å². The first kappa shape index (κ1) is 13.6. The second-order valence-corrected chi connectivity index (χ2v) is 5.33. The molecule has 0 fully saturated rings. The van der Waals surface area contributed by atoms with Gasteiger partial charge in [-0.15, -0.1) is 0 Å². The third-order valence-corrected chi connectivity index (χ3v) is 3.97. The summed E-state index contributed by atoms with van der Waals surface area (Å²) in [7, 11) is -3.32. The van der Waals surface area contributed by atoms with E-state index in [0.717, 1.165) is 5.56 Å². The first-order valence-electron chi connectivity index (χ1n) is 5.39. The van der Waals surface area contributed by atoms with Crippen LogP contribution in [0.4, 0.5) is 0 Å². The van der Waals surface area contributed by atoms with Gasteiger partial charge in [-0.2, -0.15) is 0 Å². The van der Waals surface area contributed by atoms with Gasteiger partial charge in [0.25, 0.3) is 0 Å². The number of rotatable bonds is 5. The molecule has 0 spiro atoms. The van der Waals surface area contributed by atoms with Crippen LogP contribution in [0.1, 0.15) is 19.4 Å². The third-order valence-electron chi connectivity index (χ3n) is 2.08. The molecule has 17 heavy (non-hydrogen) atoms. The molecule has 0 saturated carbocycles. The van der Waals surface area contributed by atoms with Crippen LogP contribution in [0.15, 0.2) is 48.9 Å². The topological polar surface area (TPSA) is 35.5 Å². The fraction of sp³-hybridized carbons (Fsp3) is 0.231. The van der Waals surface area contributed by atoms with Crippen molar-refractivity contribution in [2.75, 3.05) is 0 Å². The lowest BCUT2D eigenvalue weighted by Crippen LogP contribution is -2.10. The van der Waals surface area contributed by atoms with E-state index in [4.69, 9.17) is 9.05 Å². The molecule has 0 heterocycles. The van der Waals surface area contributed by atoms with Crippen molar-refractivity contribution in [2.24, 2.45) is 0 Å². The van der Waals surface area contributed by atoms with Gasteiger partial charge in [0.15, 0.2) is 0 Å². The van der Waals surface area contributed by atoms with Crippen LogP contribution in [-0.4, -0.2) is 0 Å². The molecule has 0 amide bonds. The lowest BCUT2D eigenvalue weighted by atomic mass is 10.2. The minimum atomic E-state index is -3.32. The summed E-state index contributed by atoms with van der Waals surface area (Å²) >= 11 is 0. The SMILES string of the molecule is CC=COP(=O)(OC=CC)c1ccccc1C. The van der Waals surface area contributed by atoms with E-state index in [2.05, 4.69) is 0 Å². The Morgan fingerprint density at radius 2 is 1.59 bits per heavy atom. The second-order valence-electron chi connectivity index (χ2n) is 3.43. The van der Waals surface area contributed by atoms with Crippen molar-refractivity contribution >= 4 is 12.9 Å². The second kappa shape index (κ2) is 6.31. The van der Waals surface area contributed by atoms with Crippen molar-refractivity contribution in [3.63, 3.8) is 0 Å². The van der Waals surface area contributed by atoms with Crippen LogP contribution < -0.4 is 5.30 Å². The maximum Gasteiger partial charge on any atom is 0.461 e. The van der Waals surface area contributed by atoms with Crippen molar-refractivity contribution in [1.29, 1.82) is 0 Å². The lowest BCUT2D eigenvalue weighted by molar-refractivity contribution is 0.339. The Morgan fingerprint density at radius 1 is 1.06 bits per heavy atom. The lowest BCUT2D eigenvalue weighted by Gasteiger charge is -2.17. The highest BCUT2D eigenvalue weighted by molar-refractivity contribution is 7.62. The maximum absolute atomic E-state index is 12.6. The van der Waals surface area contributed by atoms with Crippen molar-refractivity contribution in [1.82, 2.24) is 0 Å². The maximum atomic E-state index is 12.6. The van der Waals surface area contributed by atoms with Gasteiger partial charge in [0.1, 0.15) is 0 Å². The molecule has 0 aliphatic carbocycles. The van der Waals surface area contributed by atoms with Crippen molar-refractivity contribution in [2.45, 2.75) is 20.8 Å². The molecule has 0 unspecified atom stereocenters. The minimum absolute atomic E-state index is 0.580. The van der Waals surface area contributed by atoms with Crippen molar-refractivity contribution in [3.8, 4) is 0 Å². The largest absolute Gasteiger partial charge is 0.461 e. The normalized spacial score (nSPS) is 15.0. The zero-order valence-electron chi connectivity index (χ0n) is 10.3. The van der Waals surface area contributed by atoms with E-state index in [1.807, 2.05) is 25.1 Å². The highest BCUT2D eigenvalue weighted by Gasteiger charge is 2.29. The van der Waals surface area contributed by atoms with E-state index in [1.54, 1.807) is 32.1 Å². The number of hydrogen-bond acceptors (Lipinski definition) is 3. The summed E-state index contributed by atoms with van der Waals surface area (Å²) in [5.41, 5.74) is 0.879. The van der Waals surface area contributed by atoms with Gasteiger partial charge in [0, 0.05) is 0 Å². The highest BCUT2D eigenvalue weighted by Crippen LogP contribution is 2.48. The van der Waals surface area contributed by atoms with Gasteiger partial charge in [-0.3, -0.25) is 0 Å². The molecule has 1 aromatic rings. The Labute approximate surface area is 102 Å². The van der Waals surface area contributed by atoms with E-state index in [-0.39, 0.29) is 0 Å². The molecule has 92 valence electrons. The molecule has 0 saturated heterocycles. The summed E-state index contributed by atoms with van der Waals surface area (Å²) in [6.45, 7) is 5.45. The predicted octanol–water partition coefficient (Wildman–Crippen LogP) is 3.91. The molecule has 1 rings (SSSR count). The molecular formula is C13H17O3P. The summed E-state index contributed by atoms with van der Waals surface area (Å²) in [4.78, 5) is 0. The minimum Gasteiger partial charge on any atom is -0.421 e. The number of hydrogen-bond donors (Lipinski definition) is 0. The Kier molecular flexibility index (Phi) is 5.05. The Hall–Kier alpha value is -1.47. The van der Waals surface area contributed by atoms with Crippen LogP contribution in [-0.2, 0) is 13.6 Å². The molecular weight excluding hydrogens is 235 g/mol. The van der Waals surface area contributed by atoms with E-state index in [9.17, 15) is 4.57 Å². The summed E-state index contributed by atoms with van der Waals surface area (Å²) in [6.07, 6.45) is 6.11. The Balaban J connectivity index is 3.14. The van der Waals surface area contributed by atoms with Crippen molar-refractivity contribution in [3.05, 3.63) is 54.5 Å². The zero-order chi connectivity index (χ0) is 12.7. The van der Waals surface area contributed by atoms with Crippen LogP contribution in [0.2, 0.25) is 0 Å². The average Bonchev–Trinajstić information content (AvgIpc) is 2.34. The standard InChI is InChI=1S/C13H17O3P/c1-4-10-15-17(14,16-11-5-2)13-9-7-6-8-12(13)3/h4-11H,1-3H3.